The third-order valence-electron chi connectivity index (χ3n) is 3.65. The number of nitrogens with one attached hydrogen (secondary N) is 2. The molecule has 2 aromatic carbocycles. The number of hydrogen-bond donors (Lipinski definition) is 2. The smallest absolute Gasteiger partial charge is 0.265 e. The second kappa shape index (κ2) is 7.21. The molecular weight excluding hydrogens is 327 g/mol. The maximum Gasteiger partial charge on any atom is 0.265 e. The van der Waals surface area contributed by atoms with Crippen molar-refractivity contribution in [3.63, 3.8) is 0 Å². The van der Waals surface area contributed by atoms with Crippen molar-refractivity contribution in [2.45, 2.75) is 19.4 Å². The topological polar surface area (TPSA) is 76.7 Å². The number of ether oxygens (including phenoxy) is 2. The van der Waals surface area contributed by atoms with Crippen LogP contribution in [0, 0.1) is 5.82 Å². The Morgan fingerprint density at radius 2 is 2.16 bits per heavy atom. The lowest BCUT2D eigenvalue weighted by Crippen LogP contribution is -2.32. The number of fused-ring (bicyclic) bond motifs is 1. The van der Waals surface area contributed by atoms with Gasteiger partial charge < -0.3 is 20.1 Å². The lowest BCUT2D eigenvalue weighted by molar-refractivity contribution is -0.123. The first-order valence-electron chi connectivity index (χ1n) is 7.85. The first kappa shape index (κ1) is 16.8. The zero-order chi connectivity index (χ0) is 17.8. The normalized spacial score (nSPS) is 13.9. The molecule has 0 bridgehead atoms. The summed E-state index contributed by atoms with van der Waals surface area (Å²) in [5.74, 6) is -0.635. The number of amides is 2. The summed E-state index contributed by atoms with van der Waals surface area (Å²) in [6.07, 6.45) is -0.482. The van der Waals surface area contributed by atoms with Crippen molar-refractivity contribution in [2.75, 3.05) is 17.2 Å². The van der Waals surface area contributed by atoms with E-state index < -0.39 is 17.8 Å². The van der Waals surface area contributed by atoms with Crippen molar-refractivity contribution >= 4 is 23.2 Å². The average molecular weight is 344 g/mol. The maximum atomic E-state index is 13.7. The molecule has 6 nitrogen and oxygen atoms in total. The van der Waals surface area contributed by atoms with E-state index in [4.69, 9.17) is 9.47 Å². The van der Waals surface area contributed by atoms with E-state index in [0.29, 0.717) is 23.5 Å². The van der Waals surface area contributed by atoms with Gasteiger partial charge in [0, 0.05) is 5.69 Å². The van der Waals surface area contributed by atoms with Crippen molar-refractivity contribution in [1.82, 2.24) is 0 Å². The molecule has 1 heterocycles. The number of halogens is 1. The Hall–Kier alpha value is -3.09. The average Bonchev–Trinajstić information content (AvgIpc) is 2.60. The number of para-hydroxylation sites is 1. The minimum atomic E-state index is -0.848. The molecule has 1 aliphatic rings. The summed E-state index contributed by atoms with van der Waals surface area (Å²) >= 11 is 0. The molecule has 25 heavy (non-hydrogen) atoms. The van der Waals surface area contributed by atoms with Crippen LogP contribution in [-0.4, -0.2) is 24.5 Å². The summed E-state index contributed by atoms with van der Waals surface area (Å²) in [5.41, 5.74) is 0.960. The Morgan fingerprint density at radius 1 is 1.36 bits per heavy atom. The second-order valence-electron chi connectivity index (χ2n) is 5.48. The number of anilines is 2. The molecule has 1 atom stereocenters. The highest BCUT2D eigenvalue weighted by Crippen LogP contribution is 2.30. The Kier molecular flexibility index (Phi) is 4.83. The van der Waals surface area contributed by atoms with Gasteiger partial charge in [-0.1, -0.05) is 19.1 Å². The first-order valence-corrected chi connectivity index (χ1v) is 7.85. The molecule has 0 fully saturated rings. The summed E-state index contributed by atoms with van der Waals surface area (Å²) < 4.78 is 24.4. The summed E-state index contributed by atoms with van der Waals surface area (Å²) in [5, 5.41) is 5.37. The highest BCUT2D eigenvalue weighted by atomic mass is 19.1. The van der Waals surface area contributed by atoms with Crippen LogP contribution in [-0.2, 0) is 9.59 Å². The van der Waals surface area contributed by atoms with E-state index in [1.54, 1.807) is 37.3 Å². The third-order valence-corrected chi connectivity index (χ3v) is 3.65. The van der Waals surface area contributed by atoms with Crippen molar-refractivity contribution in [1.29, 1.82) is 0 Å². The number of rotatable bonds is 5. The van der Waals surface area contributed by atoms with E-state index in [2.05, 4.69) is 10.6 Å². The molecule has 2 amide bonds. The Balaban J connectivity index is 1.71. The number of hydrogen-bond acceptors (Lipinski definition) is 4. The van der Waals surface area contributed by atoms with Crippen LogP contribution in [0.1, 0.15) is 13.3 Å². The lowest BCUT2D eigenvalue weighted by Gasteiger charge is -2.20. The van der Waals surface area contributed by atoms with Gasteiger partial charge in [-0.05, 0) is 36.8 Å². The molecule has 1 aliphatic heterocycles. The number of benzene rings is 2. The maximum absolute atomic E-state index is 13.7. The van der Waals surface area contributed by atoms with Gasteiger partial charge >= 0.3 is 0 Å². The van der Waals surface area contributed by atoms with Crippen molar-refractivity contribution in [3.8, 4) is 11.5 Å². The molecular formula is C18H17FN2O4. The molecule has 0 saturated carbocycles. The molecule has 2 aromatic rings. The van der Waals surface area contributed by atoms with Crippen molar-refractivity contribution < 1.29 is 23.5 Å². The predicted octanol–water partition coefficient (Wildman–Crippen LogP) is 2.95. The van der Waals surface area contributed by atoms with E-state index in [1.807, 2.05) is 0 Å². The molecule has 0 unspecified atom stereocenters. The fourth-order valence-corrected chi connectivity index (χ4v) is 2.40. The third kappa shape index (κ3) is 3.88. The molecule has 0 radical (unpaired) electrons. The van der Waals surface area contributed by atoms with Crippen LogP contribution in [0.3, 0.4) is 0 Å². The van der Waals surface area contributed by atoms with Gasteiger partial charge in [0.25, 0.3) is 11.8 Å². The fourth-order valence-electron chi connectivity index (χ4n) is 2.40. The molecule has 2 N–H and O–H groups in total. The number of carbonyl (C=O) groups excluding carboxylic acids is 2. The summed E-state index contributed by atoms with van der Waals surface area (Å²) in [6, 6.07) is 10.8. The van der Waals surface area contributed by atoms with Crippen LogP contribution in [0.5, 0.6) is 11.5 Å². The van der Waals surface area contributed by atoms with E-state index in [9.17, 15) is 14.0 Å². The quantitative estimate of drug-likeness (QED) is 0.874. The first-order chi connectivity index (χ1) is 12.1. The lowest BCUT2D eigenvalue weighted by atomic mass is 10.2. The van der Waals surface area contributed by atoms with Crippen LogP contribution in [0.2, 0.25) is 0 Å². The van der Waals surface area contributed by atoms with Crippen LogP contribution in [0.4, 0.5) is 15.8 Å². The van der Waals surface area contributed by atoms with E-state index in [0.717, 1.165) is 0 Å². The largest absolute Gasteiger partial charge is 0.482 e. The molecule has 130 valence electrons. The Bertz CT molecular complexity index is 809. The van der Waals surface area contributed by atoms with Crippen LogP contribution >= 0.6 is 0 Å². The highest BCUT2D eigenvalue weighted by molar-refractivity contribution is 5.98. The van der Waals surface area contributed by atoms with Gasteiger partial charge in [0.05, 0.1) is 5.69 Å². The van der Waals surface area contributed by atoms with E-state index in [1.165, 1.54) is 12.1 Å². The van der Waals surface area contributed by atoms with Crippen molar-refractivity contribution in [2.24, 2.45) is 0 Å². The molecule has 7 heteroatoms. The van der Waals surface area contributed by atoms with Gasteiger partial charge in [-0.15, -0.1) is 0 Å². The van der Waals surface area contributed by atoms with Gasteiger partial charge in [0.1, 0.15) is 5.75 Å². The molecule has 0 aliphatic carbocycles. The minimum Gasteiger partial charge on any atom is -0.482 e. The molecule has 0 aromatic heterocycles. The van der Waals surface area contributed by atoms with Crippen LogP contribution < -0.4 is 20.1 Å². The summed E-state index contributed by atoms with van der Waals surface area (Å²) in [4.78, 5) is 23.8. The van der Waals surface area contributed by atoms with Gasteiger partial charge in [0.15, 0.2) is 24.3 Å². The summed E-state index contributed by atoms with van der Waals surface area (Å²) in [7, 11) is 0. The van der Waals surface area contributed by atoms with Crippen molar-refractivity contribution in [3.05, 3.63) is 48.3 Å². The zero-order valence-corrected chi connectivity index (χ0v) is 13.5. The molecule has 3 rings (SSSR count). The Labute approximate surface area is 143 Å². The van der Waals surface area contributed by atoms with Crippen LogP contribution in [0.15, 0.2) is 42.5 Å². The molecule has 0 spiro atoms. The van der Waals surface area contributed by atoms with E-state index >= 15 is 0 Å². The monoisotopic (exact) mass is 344 g/mol. The van der Waals surface area contributed by atoms with Gasteiger partial charge in [-0.25, -0.2) is 4.39 Å². The standard InChI is InChI=1S/C18H17FN2O4/c1-2-14(25-15-6-4-3-5-12(15)19)18(23)20-11-7-8-16-13(9-11)21-17(22)10-24-16/h3-9,14H,2,10H2,1H3,(H,20,23)(H,21,22)/t14-/m0/s1. The second-order valence-corrected chi connectivity index (χ2v) is 5.48. The number of carbonyl (C=O) groups is 2. The van der Waals surface area contributed by atoms with Gasteiger partial charge in [-0.2, -0.15) is 0 Å². The summed E-state index contributed by atoms with van der Waals surface area (Å²) in [6.45, 7) is 1.74. The fraction of sp³-hybridized carbons (Fsp3) is 0.222. The predicted molar refractivity (Wildman–Crippen MR) is 90.3 cm³/mol. The Morgan fingerprint density at radius 3 is 2.92 bits per heavy atom. The van der Waals surface area contributed by atoms with E-state index in [-0.39, 0.29) is 18.3 Å². The SMILES string of the molecule is CC[C@H](Oc1ccccc1F)C(=O)Nc1ccc2c(c1)NC(=O)CO2. The highest BCUT2D eigenvalue weighted by Gasteiger charge is 2.21. The molecule has 0 saturated heterocycles. The zero-order valence-electron chi connectivity index (χ0n) is 13.5. The minimum absolute atomic E-state index is 0.0237. The van der Waals surface area contributed by atoms with Gasteiger partial charge in [-0.3, -0.25) is 9.59 Å². The van der Waals surface area contributed by atoms with Crippen LogP contribution in [0.25, 0.3) is 0 Å². The van der Waals surface area contributed by atoms with Gasteiger partial charge in [0.2, 0.25) is 0 Å².